The lowest BCUT2D eigenvalue weighted by atomic mass is 10.1. The molecule has 1 saturated heterocycles. The number of thioether (sulfide) groups is 1. The normalized spacial score (nSPS) is 15.2. The van der Waals surface area contributed by atoms with E-state index in [4.69, 9.17) is 23.2 Å². The number of hydrogen-bond acceptors (Lipinski definition) is 5. The van der Waals surface area contributed by atoms with Gasteiger partial charge in [-0.25, -0.2) is 4.39 Å². The van der Waals surface area contributed by atoms with Crippen LogP contribution in [0.4, 0.5) is 10.2 Å². The van der Waals surface area contributed by atoms with Gasteiger partial charge in [-0.1, -0.05) is 29.3 Å². The maximum Gasteiger partial charge on any atom is 0.255 e. The van der Waals surface area contributed by atoms with Crippen molar-refractivity contribution in [3.63, 3.8) is 0 Å². The Labute approximate surface area is 151 Å². The van der Waals surface area contributed by atoms with Gasteiger partial charge in [0.1, 0.15) is 23.1 Å². The zero-order chi connectivity index (χ0) is 16.7. The monoisotopic (exact) mass is 383 g/mol. The van der Waals surface area contributed by atoms with Crippen molar-refractivity contribution < 1.29 is 4.39 Å². The summed E-state index contributed by atoms with van der Waals surface area (Å²) in [6.07, 6.45) is 1.41. The van der Waals surface area contributed by atoms with Crippen molar-refractivity contribution in [3.05, 3.63) is 40.5 Å². The summed E-state index contributed by atoms with van der Waals surface area (Å²) >= 11 is 14.6. The highest BCUT2D eigenvalue weighted by Crippen LogP contribution is 2.41. The van der Waals surface area contributed by atoms with Crippen LogP contribution >= 0.6 is 35.0 Å². The fourth-order valence-corrected chi connectivity index (χ4v) is 4.24. The van der Waals surface area contributed by atoms with Crippen LogP contribution in [0, 0.1) is 5.82 Å². The number of halogens is 3. The predicted octanol–water partition coefficient (Wildman–Crippen LogP) is 3.79. The molecule has 0 saturated carbocycles. The minimum atomic E-state index is -0.446. The Morgan fingerprint density at radius 3 is 2.67 bits per heavy atom. The van der Waals surface area contributed by atoms with Crippen LogP contribution in [0.2, 0.25) is 10.2 Å². The molecular weight excluding hydrogens is 372 g/mol. The fourth-order valence-electron chi connectivity index (χ4n) is 2.82. The van der Waals surface area contributed by atoms with Gasteiger partial charge in [-0.2, -0.15) is 31.3 Å². The van der Waals surface area contributed by atoms with Crippen molar-refractivity contribution in [1.82, 2.24) is 19.6 Å². The van der Waals surface area contributed by atoms with Crippen LogP contribution in [0.1, 0.15) is 0 Å². The van der Waals surface area contributed by atoms with Crippen LogP contribution in [0.3, 0.4) is 0 Å². The molecular formula is C15H12Cl2FN5S. The molecule has 0 unspecified atom stereocenters. The van der Waals surface area contributed by atoms with Gasteiger partial charge in [-0.15, -0.1) is 0 Å². The molecule has 0 amide bonds. The number of fused-ring (bicyclic) bond motifs is 1. The lowest BCUT2D eigenvalue weighted by Gasteiger charge is -2.30. The van der Waals surface area contributed by atoms with E-state index < -0.39 is 5.82 Å². The third-order valence-electron chi connectivity index (χ3n) is 3.88. The summed E-state index contributed by atoms with van der Waals surface area (Å²) in [5, 5.41) is 4.70. The SMILES string of the molecule is Fc1cccc(Cl)c1-c1c(Cl)nc2ncnn2c1N1CCSCC1. The van der Waals surface area contributed by atoms with Crippen LogP contribution in [0.25, 0.3) is 16.9 Å². The Kier molecular flexibility index (Phi) is 4.24. The number of hydrogen-bond donors (Lipinski definition) is 0. The van der Waals surface area contributed by atoms with Crippen LogP contribution in [0.15, 0.2) is 24.5 Å². The molecule has 2 aromatic heterocycles. The molecule has 4 rings (SSSR count). The largest absolute Gasteiger partial charge is 0.354 e. The van der Waals surface area contributed by atoms with E-state index in [-0.39, 0.29) is 15.7 Å². The summed E-state index contributed by atoms with van der Waals surface area (Å²) < 4.78 is 16.1. The second-order valence-electron chi connectivity index (χ2n) is 5.27. The fraction of sp³-hybridized carbons (Fsp3) is 0.267. The van der Waals surface area contributed by atoms with Crippen molar-refractivity contribution in [2.75, 3.05) is 29.5 Å². The standard InChI is InChI=1S/C15H12Cl2FN5S/c16-9-2-1-3-10(18)11(9)12-13(17)21-15-19-8-20-23(15)14(12)22-4-6-24-7-5-22/h1-3,8H,4-7H2. The Bertz CT molecular complexity index is 890. The van der Waals surface area contributed by atoms with Crippen LogP contribution < -0.4 is 4.90 Å². The zero-order valence-electron chi connectivity index (χ0n) is 12.4. The van der Waals surface area contributed by atoms with Crippen LogP contribution in [-0.4, -0.2) is 44.2 Å². The third kappa shape index (κ3) is 2.60. The van der Waals surface area contributed by atoms with Crippen LogP contribution in [-0.2, 0) is 0 Å². The van der Waals surface area contributed by atoms with Gasteiger partial charge in [0.25, 0.3) is 5.78 Å². The number of anilines is 1. The smallest absolute Gasteiger partial charge is 0.255 e. The summed E-state index contributed by atoms with van der Waals surface area (Å²) in [6, 6.07) is 4.56. The zero-order valence-corrected chi connectivity index (χ0v) is 14.7. The van der Waals surface area contributed by atoms with Crippen molar-refractivity contribution in [2.24, 2.45) is 0 Å². The van der Waals surface area contributed by atoms with Gasteiger partial charge in [0, 0.05) is 30.2 Å². The molecule has 5 nitrogen and oxygen atoms in total. The molecule has 1 aromatic carbocycles. The predicted molar refractivity (Wildman–Crippen MR) is 95.7 cm³/mol. The maximum atomic E-state index is 14.6. The average molecular weight is 384 g/mol. The summed E-state index contributed by atoms with van der Waals surface area (Å²) in [7, 11) is 0. The second kappa shape index (κ2) is 6.38. The highest BCUT2D eigenvalue weighted by atomic mass is 35.5. The van der Waals surface area contributed by atoms with E-state index in [2.05, 4.69) is 20.0 Å². The van der Waals surface area contributed by atoms with E-state index in [0.29, 0.717) is 17.2 Å². The van der Waals surface area contributed by atoms with E-state index >= 15 is 0 Å². The van der Waals surface area contributed by atoms with E-state index in [1.54, 1.807) is 16.6 Å². The molecule has 3 heterocycles. The number of aromatic nitrogens is 4. The molecule has 24 heavy (non-hydrogen) atoms. The van der Waals surface area contributed by atoms with Gasteiger partial charge in [0.05, 0.1) is 10.6 Å². The second-order valence-corrected chi connectivity index (χ2v) is 7.26. The number of nitrogens with zero attached hydrogens (tertiary/aromatic N) is 5. The molecule has 9 heteroatoms. The quantitative estimate of drug-likeness (QED) is 0.630. The first-order chi connectivity index (χ1) is 11.7. The third-order valence-corrected chi connectivity index (χ3v) is 5.41. The molecule has 124 valence electrons. The Morgan fingerprint density at radius 1 is 1.12 bits per heavy atom. The van der Waals surface area contributed by atoms with E-state index in [1.807, 2.05) is 11.8 Å². The lowest BCUT2D eigenvalue weighted by molar-refractivity contribution is 0.631. The molecule has 3 aromatic rings. The van der Waals surface area contributed by atoms with Crippen molar-refractivity contribution in [1.29, 1.82) is 0 Å². The van der Waals surface area contributed by atoms with E-state index in [0.717, 1.165) is 24.6 Å². The first-order valence-electron chi connectivity index (χ1n) is 7.33. The van der Waals surface area contributed by atoms with Gasteiger partial charge in [-0.05, 0) is 12.1 Å². The van der Waals surface area contributed by atoms with Gasteiger partial charge in [-0.3, -0.25) is 0 Å². The first-order valence-corrected chi connectivity index (χ1v) is 9.24. The van der Waals surface area contributed by atoms with E-state index in [1.165, 1.54) is 12.4 Å². The van der Waals surface area contributed by atoms with E-state index in [9.17, 15) is 4.39 Å². The number of benzene rings is 1. The van der Waals surface area contributed by atoms with Crippen molar-refractivity contribution >= 4 is 46.6 Å². The topological polar surface area (TPSA) is 46.3 Å². The number of rotatable bonds is 2. The van der Waals surface area contributed by atoms with Gasteiger partial charge in [0.15, 0.2) is 0 Å². The highest BCUT2D eigenvalue weighted by Gasteiger charge is 2.26. The molecule has 0 N–H and O–H groups in total. The Morgan fingerprint density at radius 2 is 1.92 bits per heavy atom. The first kappa shape index (κ1) is 15.9. The minimum Gasteiger partial charge on any atom is -0.354 e. The molecule has 0 aliphatic carbocycles. The molecule has 0 radical (unpaired) electrons. The summed E-state index contributed by atoms with van der Waals surface area (Å²) in [5.41, 5.74) is 0.687. The lowest BCUT2D eigenvalue weighted by Crippen LogP contribution is -2.34. The summed E-state index contributed by atoms with van der Waals surface area (Å²) in [4.78, 5) is 10.5. The molecule has 1 aliphatic heterocycles. The average Bonchev–Trinajstić information content (AvgIpc) is 3.03. The minimum absolute atomic E-state index is 0.163. The highest BCUT2D eigenvalue weighted by molar-refractivity contribution is 7.99. The van der Waals surface area contributed by atoms with Gasteiger partial charge < -0.3 is 4.90 Å². The van der Waals surface area contributed by atoms with Crippen LogP contribution in [0.5, 0.6) is 0 Å². The Hall–Kier alpha value is -1.57. The van der Waals surface area contributed by atoms with Gasteiger partial charge in [0.2, 0.25) is 0 Å². The summed E-state index contributed by atoms with van der Waals surface area (Å²) in [6.45, 7) is 1.61. The molecule has 1 fully saturated rings. The van der Waals surface area contributed by atoms with Crippen molar-refractivity contribution in [2.45, 2.75) is 0 Å². The van der Waals surface area contributed by atoms with Crippen molar-refractivity contribution in [3.8, 4) is 11.1 Å². The maximum absolute atomic E-state index is 14.6. The molecule has 1 aliphatic rings. The molecule has 0 spiro atoms. The molecule has 0 atom stereocenters. The molecule has 0 bridgehead atoms. The van der Waals surface area contributed by atoms with Gasteiger partial charge >= 0.3 is 0 Å². The summed E-state index contributed by atoms with van der Waals surface area (Å²) in [5.74, 6) is 2.55. The Balaban J connectivity index is 2.05.